The molecule has 3 rings (SSSR count). The molecule has 0 bridgehead atoms. The number of rotatable bonds is 5. The van der Waals surface area contributed by atoms with Crippen molar-refractivity contribution >= 4 is 11.8 Å². The lowest BCUT2D eigenvalue weighted by molar-refractivity contribution is 0.0946. The summed E-state index contributed by atoms with van der Waals surface area (Å²) in [4.78, 5) is 28.3. The first kappa shape index (κ1) is 15.2. The van der Waals surface area contributed by atoms with E-state index in [1.165, 1.54) is 12.3 Å². The Morgan fingerprint density at radius 3 is 2.74 bits per heavy atom. The maximum Gasteiger partial charge on any atom is 0.270 e. The van der Waals surface area contributed by atoms with E-state index in [1.807, 2.05) is 31.2 Å². The van der Waals surface area contributed by atoms with Crippen LogP contribution in [0.3, 0.4) is 0 Å². The van der Waals surface area contributed by atoms with Crippen LogP contribution in [0.25, 0.3) is 0 Å². The molecule has 1 aromatic carbocycles. The Morgan fingerprint density at radius 2 is 2.00 bits per heavy atom. The molecule has 0 saturated heterocycles. The number of amides is 2. The van der Waals surface area contributed by atoms with Crippen molar-refractivity contribution in [1.29, 1.82) is 0 Å². The Hall–Kier alpha value is -2.69. The van der Waals surface area contributed by atoms with Crippen LogP contribution in [0.2, 0.25) is 0 Å². The fraction of sp³-hybridized carbons (Fsp3) is 0.278. The van der Waals surface area contributed by atoms with E-state index in [1.54, 1.807) is 6.07 Å². The van der Waals surface area contributed by atoms with Crippen molar-refractivity contribution in [1.82, 2.24) is 15.6 Å². The van der Waals surface area contributed by atoms with E-state index >= 15 is 0 Å². The zero-order valence-corrected chi connectivity index (χ0v) is 13.0. The molecule has 2 aromatic rings. The van der Waals surface area contributed by atoms with E-state index in [4.69, 9.17) is 0 Å². The van der Waals surface area contributed by atoms with Gasteiger partial charge in [0.05, 0.1) is 0 Å². The minimum Gasteiger partial charge on any atom is -0.348 e. The second-order valence-electron chi connectivity index (χ2n) is 5.85. The molecular formula is C18H19N3O2. The molecule has 1 fully saturated rings. The quantitative estimate of drug-likeness (QED) is 0.889. The van der Waals surface area contributed by atoms with E-state index in [-0.39, 0.29) is 23.6 Å². The highest BCUT2D eigenvalue weighted by molar-refractivity contribution is 5.98. The van der Waals surface area contributed by atoms with Crippen molar-refractivity contribution in [3.8, 4) is 0 Å². The second kappa shape index (κ2) is 6.60. The molecule has 0 radical (unpaired) electrons. The van der Waals surface area contributed by atoms with Gasteiger partial charge in [-0.15, -0.1) is 0 Å². The predicted octanol–water partition coefficient (Wildman–Crippen LogP) is 2.21. The summed E-state index contributed by atoms with van der Waals surface area (Å²) >= 11 is 0. The molecule has 1 aromatic heterocycles. The van der Waals surface area contributed by atoms with Crippen molar-refractivity contribution < 1.29 is 9.59 Å². The topological polar surface area (TPSA) is 71.1 Å². The molecule has 1 aliphatic rings. The van der Waals surface area contributed by atoms with Gasteiger partial charge in [-0.05, 0) is 37.5 Å². The lowest BCUT2D eigenvalue weighted by Gasteiger charge is -2.07. The summed E-state index contributed by atoms with van der Waals surface area (Å²) in [7, 11) is 0. The third-order valence-electron chi connectivity index (χ3n) is 3.70. The largest absolute Gasteiger partial charge is 0.348 e. The third kappa shape index (κ3) is 4.16. The van der Waals surface area contributed by atoms with Gasteiger partial charge in [0, 0.05) is 24.3 Å². The summed E-state index contributed by atoms with van der Waals surface area (Å²) in [5, 5.41) is 5.73. The molecule has 23 heavy (non-hydrogen) atoms. The third-order valence-corrected chi connectivity index (χ3v) is 3.70. The van der Waals surface area contributed by atoms with Gasteiger partial charge in [0.2, 0.25) is 0 Å². The molecule has 0 atom stereocenters. The zero-order valence-electron chi connectivity index (χ0n) is 13.0. The molecule has 118 valence electrons. The van der Waals surface area contributed by atoms with Gasteiger partial charge in [0.25, 0.3) is 11.8 Å². The molecule has 2 amide bonds. The molecule has 0 spiro atoms. The van der Waals surface area contributed by atoms with Gasteiger partial charge < -0.3 is 10.6 Å². The number of hydrogen-bond donors (Lipinski definition) is 2. The van der Waals surface area contributed by atoms with E-state index in [9.17, 15) is 9.59 Å². The number of aromatic nitrogens is 1. The van der Waals surface area contributed by atoms with Crippen molar-refractivity contribution in [3.63, 3.8) is 0 Å². The number of hydrogen-bond acceptors (Lipinski definition) is 3. The monoisotopic (exact) mass is 309 g/mol. The Balaban J connectivity index is 1.63. The average molecular weight is 309 g/mol. The fourth-order valence-electron chi connectivity index (χ4n) is 2.29. The fourth-order valence-corrected chi connectivity index (χ4v) is 2.29. The number of pyridine rings is 1. The molecule has 1 heterocycles. The molecule has 5 nitrogen and oxygen atoms in total. The van der Waals surface area contributed by atoms with E-state index < -0.39 is 0 Å². The summed E-state index contributed by atoms with van der Waals surface area (Å²) in [6.45, 7) is 2.46. The first-order valence-electron chi connectivity index (χ1n) is 7.72. The number of carbonyl (C=O) groups excluding carboxylic acids is 2. The van der Waals surface area contributed by atoms with Gasteiger partial charge >= 0.3 is 0 Å². The lowest BCUT2D eigenvalue weighted by Crippen LogP contribution is -2.27. The minimum absolute atomic E-state index is 0.214. The van der Waals surface area contributed by atoms with Gasteiger partial charge in [-0.2, -0.15) is 0 Å². The van der Waals surface area contributed by atoms with Gasteiger partial charge in [-0.25, -0.2) is 0 Å². The van der Waals surface area contributed by atoms with Gasteiger partial charge in [-0.1, -0.05) is 29.8 Å². The molecular weight excluding hydrogens is 290 g/mol. The first-order valence-corrected chi connectivity index (χ1v) is 7.72. The maximum absolute atomic E-state index is 12.2. The molecule has 1 aliphatic carbocycles. The Labute approximate surface area is 135 Å². The average Bonchev–Trinajstić information content (AvgIpc) is 3.37. The predicted molar refractivity (Wildman–Crippen MR) is 87.1 cm³/mol. The Bertz CT molecular complexity index is 739. The highest BCUT2D eigenvalue weighted by Crippen LogP contribution is 2.19. The molecule has 2 N–H and O–H groups in total. The van der Waals surface area contributed by atoms with Crippen LogP contribution in [0, 0.1) is 6.92 Å². The highest BCUT2D eigenvalue weighted by atomic mass is 16.2. The maximum atomic E-state index is 12.2. The Morgan fingerprint density at radius 1 is 1.17 bits per heavy atom. The number of nitrogens with zero attached hydrogens (tertiary/aromatic N) is 1. The number of benzene rings is 1. The van der Waals surface area contributed by atoms with Crippen LogP contribution >= 0.6 is 0 Å². The summed E-state index contributed by atoms with van der Waals surface area (Å²) in [6.07, 6.45) is 3.52. The number of nitrogens with one attached hydrogen (secondary N) is 2. The summed E-state index contributed by atoms with van der Waals surface area (Å²) in [5.74, 6) is -0.435. The second-order valence-corrected chi connectivity index (χ2v) is 5.85. The zero-order chi connectivity index (χ0) is 16.2. The van der Waals surface area contributed by atoms with Crippen LogP contribution in [-0.2, 0) is 6.54 Å². The summed E-state index contributed by atoms with van der Waals surface area (Å²) in [6, 6.07) is 11.4. The SMILES string of the molecule is Cc1cccc(CNC(=O)c2ccnc(C(=O)NC3CC3)c2)c1. The smallest absolute Gasteiger partial charge is 0.270 e. The standard InChI is InChI=1S/C18H19N3O2/c1-12-3-2-4-13(9-12)11-20-17(22)14-7-8-19-16(10-14)18(23)21-15-5-6-15/h2-4,7-10,15H,5-6,11H2,1H3,(H,20,22)(H,21,23). The van der Waals surface area contributed by atoms with Crippen molar-refractivity contribution in [2.45, 2.75) is 32.4 Å². The van der Waals surface area contributed by atoms with Crippen molar-refractivity contribution in [3.05, 3.63) is 65.0 Å². The number of carbonyl (C=O) groups is 2. The van der Waals surface area contributed by atoms with Gasteiger partial charge in [-0.3, -0.25) is 14.6 Å². The van der Waals surface area contributed by atoms with E-state index in [2.05, 4.69) is 15.6 Å². The molecule has 1 saturated carbocycles. The molecule has 0 unspecified atom stereocenters. The lowest BCUT2D eigenvalue weighted by atomic mass is 10.1. The van der Waals surface area contributed by atoms with Crippen LogP contribution in [0.4, 0.5) is 0 Å². The molecule has 5 heteroatoms. The van der Waals surface area contributed by atoms with Gasteiger partial charge in [0.15, 0.2) is 0 Å². The normalized spacial score (nSPS) is 13.4. The van der Waals surface area contributed by atoms with E-state index in [0.717, 1.165) is 24.0 Å². The first-order chi connectivity index (χ1) is 11.1. The van der Waals surface area contributed by atoms with E-state index in [0.29, 0.717) is 12.1 Å². The summed E-state index contributed by atoms with van der Waals surface area (Å²) in [5.41, 5.74) is 2.91. The van der Waals surface area contributed by atoms with Crippen molar-refractivity contribution in [2.75, 3.05) is 0 Å². The number of aryl methyl sites for hydroxylation is 1. The highest BCUT2D eigenvalue weighted by Gasteiger charge is 2.24. The van der Waals surface area contributed by atoms with Crippen molar-refractivity contribution in [2.24, 2.45) is 0 Å². The van der Waals surface area contributed by atoms with Gasteiger partial charge in [0.1, 0.15) is 5.69 Å². The van der Waals surface area contributed by atoms with Crippen LogP contribution in [-0.4, -0.2) is 22.8 Å². The van der Waals surface area contributed by atoms with Crippen LogP contribution in [0.5, 0.6) is 0 Å². The summed E-state index contributed by atoms with van der Waals surface area (Å²) < 4.78 is 0. The van der Waals surface area contributed by atoms with Crippen LogP contribution in [0.15, 0.2) is 42.6 Å². The van der Waals surface area contributed by atoms with Crippen LogP contribution in [0.1, 0.15) is 44.8 Å². The van der Waals surface area contributed by atoms with Crippen LogP contribution < -0.4 is 10.6 Å². The Kier molecular flexibility index (Phi) is 4.37. The minimum atomic E-state index is -0.221. The molecule has 0 aliphatic heterocycles.